The van der Waals surface area contributed by atoms with Gasteiger partial charge in [-0.2, -0.15) is 0 Å². The van der Waals surface area contributed by atoms with Crippen molar-refractivity contribution in [2.24, 2.45) is 7.05 Å². The fourth-order valence-corrected chi connectivity index (χ4v) is 2.67. The van der Waals surface area contributed by atoms with E-state index in [2.05, 4.69) is 22.4 Å². The van der Waals surface area contributed by atoms with Crippen LogP contribution in [0.15, 0.2) is 29.7 Å². The van der Waals surface area contributed by atoms with Gasteiger partial charge in [-0.3, -0.25) is 10.1 Å². The molecule has 0 spiro atoms. The van der Waals surface area contributed by atoms with Crippen molar-refractivity contribution in [2.45, 2.75) is 24.3 Å². The number of rotatable bonds is 7. The topological polar surface area (TPSA) is 85.9 Å². The van der Waals surface area contributed by atoms with Crippen LogP contribution in [0.5, 0.6) is 0 Å². The van der Waals surface area contributed by atoms with E-state index in [0.29, 0.717) is 5.75 Å². The van der Waals surface area contributed by atoms with Crippen LogP contribution < -0.4 is 5.32 Å². The van der Waals surface area contributed by atoms with Crippen LogP contribution in [-0.2, 0) is 12.8 Å². The molecule has 1 aromatic heterocycles. The lowest BCUT2D eigenvalue weighted by molar-refractivity contribution is -0.384. The molecule has 1 aromatic carbocycles. The summed E-state index contributed by atoms with van der Waals surface area (Å²) in [5, 5.41) is 22.8. The van der Waals surface area contributed by atoms with Crippen molar-refractivity contribution in [3.63, 3.8) is 0 Å². The third kappa shape index (κ3) is 3.94. The zero-order valence-electron chi connectivity index (χ0n) is 11.9. The molecule has 7 nitrogen and oxygen atoms in total. The molecule has 8 heteroatoms. The van der Waals surface area contributed by atoms with Crippen LogP contribution in [0.25, 0.3) is 0 Å². The second-order valence-electron chi connectivity index (χ2n) is 4.54. The molecule has 0 aliphatic carbocycles. The van der Waals surface area contributed by atoms with E-state index in [4.69, 9.17) is 0 Å². The lowest BCUT2D eigenvalue weighted by atomic mass is 10.1. The Kier molecular flexibility index (Phi) is 5.15. The minimum absolute atomic E-state index is 0.102. The van der Waals surface area contributed by atoms with Crippen molar-refractivity contribution in [1.29, 1.82) is 0 Å². The molecule has 2 rings (SSSR count). The molecule has 0 atom stereocenters. The molecule has 0 amide bonds. The number of thioether (sulfide) groups is 1. The van der Waals surface area contributed by atoms with E-state index in [0.717, 1.165) is 29.4 Å². The lowest BCUT2D eigenvalue weighted by Gasteiger charge is -2.11. The molecule has 21 heavy (non-hydrogen) atoms. The fraction of sp³-hybridized carbons (Fsp3) is 0.385. The minimum Gasteiger partial charge on any atom is -0.385 e. The number of nitro groups is 1. The van der Waals surface area contributed by atoms with Crippen LogP contribution in [0, 0.1) is 10.1 Å². The van der Waals surface area contributed by atoms with Crippen molar-refractivity contribution in [1.82, 2.24) is 14.8 Å². The quantitative estimate of drug-likeness (QED) is 0.481. The molecule has 1 N–H and O–H groups in total. The Labute approximate surface area is 126 Å². The molecule has 0 fully saturated rings. The number of hydrogen-bond acceptors (Lipinski definition) is 6. The first-order valence-electron chi connectivity index (χ1n) is 6.59. The Morgan fingerprint density at radius 1 is 1.48 bits per heavy atom. The SMILES string of the molecule is CCCNc1ccc([N+](=O)[O-])cc1CSc1nncn1C. The van der Waals surface area contributed by atoms with Gasteiger partial charge in [0, 0.05) is 37.2 Å². The first-order valence-corrected chi connectivity index (χ1v) is 7.58. The van der Waals surface area contributed by atoms with Gasteiger partial charge in [-0.1, -0.05) is 18.7 Å². The van der Waals surface area contributed by atoms with Crippen LogP contribution in [0.2, 0.25) is 0 Å². The second-order valence-corrected chi connectivity index (χ2v) is 5.48. The first kappa shape index (κ1) is 15.3. The normalized spacial score (nSPS) is 10.6. The molecular formula is C13H17N5O2S. The van der Waals surface area contributed by atoms with Crippen LogP contribution in [0.4, 0.5) is 11.4 Å². The van der Waals surface area contributed by atoms with E-state index >= 15 is 0 Å². The number of aromatic nitrogens is 3. The van der Waals surface area contributed by atoms with Crippen molar-refractivity contribution >= 4 is 23.1 Å². The number of aryl methyl sites for hydroxylation is 1. The number of benzene rings is 1. The van der Waals surface area contributed by atoms with Crippen molar-refractivity contribution in [3.8, 4) is 0 Å². The molecule has 0 unspecified atom stereocenters. The molecule has 112 valence electrons. The summed E-state index contributed by atoms with van der Waals surface area (Å²) in [5.74, 6) is 0.597. The number of nitro benzene ring substituents is 1. The Morgan fingerprint density at radius 2 is 2.29 bits per heavy atom. The largest absolute Gasteiger partial charge is 0.385 e. The van der Waals surface area contributed by atoms with Gasteiger partial charge in [-0.15, -0.1) is 10.2 Å². The summed E-state index contributed by atoms with van der Waals surface area (Å²) in [4.78, 5) is 10.5. The summed E-state index contributed by atoms with van der Waals surface area (Å²) >= 11 is 1.50. The smallest absolute Gasteiger partial charge is 0.269 e. The van der Waals surface area contributed by atoms with Crippen LogP contribution in [-0.4, -0.2) is 26.2 Å². The minimum atomic E-state index is -0.375. The number of anilines is 1. The van der Waals surface area contributed by atoms with Crippen molar-refractivity contribution < 1.29 is 4.92 Å². The Hall–Kier alpha value is -2.09. The van der Waals surface area contributed by atoms with Crippen LogP contribution >= 0.6 is 11.8 Å². The van der Waals surface area contributed by atoms with E-state index in [1.165, 1.54) is 17.8 Å². The maximum atomic E-state index is 10.9. The molecule has 0 saturated heterocycles. The van der Waals surface area contributed by atoms with E-state index in [1.54, 1.807) is 18.5 Å². The molecule has 1 heterocycles. The van der Waals surface area contributed by atoms with Crippen LogP contribution in [0.3, 0.4) is 0 Å². The molecule has 0 aliphatic heterocycles. The van der Waals surface area contributed by atoms with E-state index in [-0.39, 0.29) is 10.6 Å². The highest BCUT2D eigenvalue weighted by atomic mass is 32.2. The predicted octanol–water partition coefficient (Wildman–Crippen LogP) is 2.84. The summed E-state index contributed by atoms with van der Waals surface area (Å²) in [5.41, 5.74) is 1.92. The number of hydrogen-bond donors (Lipinski definition) is 1. The van der Waals surface area contributed by atoms with Crippen molar-refractivity contribution in [3.05, 3.63) is 40.2 Å². The second kappa shape index (κ2) is 7.07. The summed E-state index contributed by atoms with van der Waals surface area (Å²) < 4.78 is 1.82. The Balaban J connectivity index is 2.19. The van der Waals surface area contributed by atoms with Gasteiger partial charge in [-0.05, 0) is 18.1 Å². The Bertz CT molecular complexity index is 629. The van der Waals surface area contributed by atoms with Gasteiger partial charge in [0.05, 0.1) is 4.92 Å². The van der Waals surface area contributed by atoms with Crippen LogP contribution in [0.1, 0.15) is 18.9 Å². The van der Waals surface area contributed by atoms with Gasteiger partial charge in [0.2, 0.25) is 0 Å². The standard InChI is InChI=1S/C13H17N5O2S/c1-3-6-14-12-5-4-11(18(19)20)7-10(12)8-21-13-16-15-9-17(13)2/h4-5,7,9,14H,3,6,8H2,1-2H3. The molecule has 0 radical (unpaired) electrons. The average molecular weight is 307 g/mol. The van der Waals surface area contributed by atoms with Gasteiger partial charge in [0.25, 0.3) is 5.69 Å². The predicted molar refractivity (Wildman–Crippen MR) is 82.4 cm³/mol. The molecule has 0 saturated carbocycles. The zero-order chi connectivity index (χ0) is 15.2. The van der Waals surface area contributed by atoms with Gasteiger partial charge < -0.3 is 9.88 Å². The Morgan fingerprint density at radius 3 is 2.90 bits per heavy atom. The van der Waals surface area contributed by atoms with Gasteiger partial charge >= 0.3 is 0 Å². The van der Waals surface area contributed by atoms with Crippen molar-refractivity contribution in [2.75, 3.05) is 11.9 Å². The fourth-order valence-electron chi connectivity index (χ4n) is 1.79. The molecular weight excluding hydrogens is 290 g/mol. The summed E-state index contributed by atoms with van der Waals surface area (Å²) in [7, 11) is 1.87. The highest BCUT2D eigenvalue weighted by molar-refractivity contribution is 7.98. The summed E-state index contributed by atoms with van der Waals surface area (Å²) in [6.07, 6.45) is 2.62. The van der Waals surface area contributed by atoms with E-state index in [1.807, 2.05) is 11.6 Å². The highest BCUT2D eigenvalue weighted by Gasteiger charge is 2.12. The third-order valence-corrected chi connectivity index (χ3v) is 3.97. The van der Waals surface area contributed by atoms with Gasteiger partial charge in [-0.25, -0.2) is 0 Å². The molecule has 2 aromatic rings. The maximum absolute atomic E-state index is 10.9. The lowest BCUT2D eigenvalue weighted by Crippen LogP contribution is -2.03. The number of non-ortho nitro benzene ring substituents is 1. The zero-order valence-corrected chi connectivity index (χ0v) is 12.8. The summed E-state index contributed by atoms with van der Waals surface area (Å²) in [6.45, 7) is 2.91. The monoisotopic (exact) mass is 307 g/mol. The van der Waals surface area contributed by atoms with Gasteiger partial charge in [0.15, 0.2) is 5.16 Å². The maximum Gasteiger partial charge on any atom is 0.269 e. The van der Waals surface area contributed by atoms with Gasteiger partial charge in [0.1, 0.15) is 6.33 Å². The summed E-state index contributed by atoms with van der Waals surface area (Å²) in [6, 6.07) is 4.90. The van der Waals surface area contributed by atoms with E-state index in [9.17, 15) is 10.1 Å². The average Bonchev–Trinajstić information content (AvgIpc) is 2.88. The first-order chi connectivity index (χ1) is 10.1. The van der Waals surface area contributed by atoms with E-state index < -0.39 is 0 Å². The molecule has 0 aliphatic rings. The number of nitrogens with zero attached hydrogens (tertiary/aromatic N) is 4. The number of nitrogens with one attached hydrogen (secondary N) is 1. The highest BCUT2D eigenvalue weighted by Crippen LogP contribution is 2.28. The third-order valence-electron chi connectivity index (χ3n) is 2.89. The molecule has 0 bridgehead atoms.